The zero-order valence-corrected chi connectivity index (χ0v) is 9.80. The summed E-state index contributed by atoms with van der Waals surface area (Å²) in [5.74, 6) is 1.21. The molecule has 0 unspecified atom stereocenters. The van der Waals surface area contributed by atoms with E-state index in [9.17, 15) is 4.39 Å². The van der Waals surface area contributed by atoms with Crippen molar-refractivity contribution < 1.29 is 8.81 Å². The average Bonchev–Trinajstić information content (AvgIpc) is 3.08. The first-order valence-corrected chi connectivity index (χ1v) is 5.64. The lowest BCUT2D eigenvalue weighted by atomic mass is 10.1. The third kappa shape index (κ3) is 2.44. The number of H-pyrrole nitrogens is 1. The highest BCUT2D eigenvalue weighted by molar-refractivity contribution is 5.58. The second-order valence-electron chi connectivity index (χ2n) is 3.83. The lowest BCUT2D eigenvalue weighted by Crippen LogP contribution is -1.99. The van der Waals surface area contributed by atoms with Crippen LogP contribution < -0.4 is 5.32 Å². The highest BCUT2D eigenvalue weighted by Gasteiger charge is 2.09. The van der Waals surface area contributed by atoms with Gasteiger partial charge in [0.25, 0.3) is 5.95 Å². The van der Waals surface area contributed by atoms with Crippen LogP contribution in [0.15, 0.2) is 40.8 Å². The zero-order valence-electron chi connectivity index (χ0n) is 9.80. The number of nitrogens with one attached hydrogen (secondary N) is 2. The van der Waals surface area contributed by atoms with Gasteiger partial charge in [-0.15, -0.1) is 5.10 Å². The summed E-state index contributed by atoms with van der Waals surface area (Å²) in [5.41, 5.74) is 0.438. The Bertz CT molecular complexity index is 664. The van der Waals surface area contributed by atoms with E-state index in [4.69, 9.17) is 4.42 Å². The lowest BCUT2D eigenvalue weighted by Gasteiger charge is -1.99. The molecule has 0 aliphatic rings. The highest BCUT2D eigenvalue weighted by atomic mass is 19.1. The monoisotopic (exact) mass is 259 g/mol. The number of furan rings is 1. The quantitative estimate of drug-likeness (QED) is 0.751. The fourth-order valence-electron chi connectivity index (χ4n) is 1.68. The van der Waals surface area contributed by atoms with E-state index >= 15 is 0 Å². The molecule has 2 aromatic heterocycles. The number of aromatic amines is 1. The number of halogens is 1. The van der Waals surface area contributed by atoms with Gasteiger partial charge in [-0.25, -0.2) is 4.39 Å². The van der Waals surface area contributed by atoms with Crippen LogP contribution in [0.2, 0.25) is 0 Å². The molecule has 0 aliphatic heterocycles. The summed E-state index contributed by atoms with van der Waals surface area (Å²) in [5, 5.41) is 16.2. The van der Waals surface area contributed by atoms with Crippen LogP contribution in [0.25, 0.3) is 11.3 Å². The van der Waals surface area contributed by atoms with Gasteiger partial charge in [0.15, 0.2) is 0 Å². The van der Waals surface area contributed by atoms with E-state index in [-0.39, 0.29) is 5.82 Å². The Morgan fingerprint density at radius 1 is 1.21 bits per heavy atom. The Hall–Kier alpha value is -2.70. The van der Waals surface area contributed by atoms with E-state index in [1.165, 1.54) is 6.07 Å². The molecular formula is C12H10FN5O. The molecule has 2 N–H and O–H groups in total. The number of aromatic nitrogens is 4. The number of nitrogens with zero attached hydrogens (tertiary/aromatic N) is 3. The second kappa shape index (κ2) is 4.89. The molecule has 0 atom stereocenters. The molecule has 0 bridgehead atoms. The third-order valence-electron chi connectivity index (χ3n) is 2.57. The number of hydrogen-bond donors (Lipinski definition) is 2. The van der Waals surface area contributed by atoms with Gasteiger partial charge in [0, 0.05) is 0 Å². The molecule has 3 rings (SSSR count). The standard InChI is InChI=1S/C12H10FN5O/c13-10-4-2-1-3-9(10)11-6-5-8(19-11)7-14-12-15-17-18-16-12/h1-6H,7H2,(H2,14,15,16,17,18). The summed E-state index contributed by atoms with van der Waals surface area (Å²) in [6, 6.07) is 9.97. The van der Waals surface area contributed by atoms with E-state index in [2.05, 4.69) is 25.9 Å². The first-order valence-electron chi connectivity index (χ1n) is 5.64. The van der Waals surface area contributed by atoms with Crippen molar-refractivity contribution in [2.75, 3.05) is 5.32 Å². The minimum absolute atomic E-state index is 0.311. The molecule has 0 saturated carbocycles. The molecule has 1 aromatic carbocycles. The third-order valence-corrected chi connectivity index (χ3v) is 2.57. The van der Waals surface area contributed by atoms with E-state index in [1.54, 1.807) is 30.3 Å². The van der Waals surface area contributed by atoms with Gasteiger partial charge in [0.1, 0.15) is 17.3 Å². The van der Waals surface area contributed by atoms with Crippen molar-refractivity contribution in [3.63, 3.8) is 0 Å². The Kier molecular flexibility index (Phi) is 2.93. The number of hydrogen-bond acceptors (Lipinski definition) is 5. The zero-order chi connectivity index (χ0) is 13.1. The summed E-state index contributed by atoms with van der Waals surface area (Å²) in [7, 11) is 0. The lowest BCUT2D eigenvalue weighted by molar-refractivity contribution is 0.525. The van der Waals surface area contributed by atoms with Crippen molar-refractivity contribution in [1.29, 1.82) is 0 Å². The smallest absolute Gasteiger partial charge is 0.263 e. The van der Waals surface area contributed by atoms with Crippen LogP contribution in [0.3, 0.4) is 0 Å². The van der Waals surface area contributed by atoms with Crippen LogP contribution in [-0.4, -0.2) is 20.6 Å². The predicted octanol–water partition coefficient (Wildman–Crippen LogP) is 2.21. The van der Waals surface area contributed by atoms with Crippen molar-refractivity contribution in [2.45, 2.75) is 6.54 Å². The predicted molar refractivity (Wildman–Crippen MR) is 65.6 cm³/mol. The number of anilines is 1. The van der Waals surface area contributed by atoms with Crippen molar-refractivity contribution >= 4 is 5.95 Å². The van der Waals surface area contributed by atoms with Crippen LogP contribution in [0.5, 0.6) is 0 Å². The second-order valence-corrected chi connectivity index (χ2v) is 3.83. The summed E-state index contributed by atoms with van der Waals surface area (Å²) in [6.45, 7) is 0.397. The van der Waals surface area contributed by atoms with Crippen LogP contribution in [-0.2, 0) is 6.54 Å². The molecule has 7 heteroatoms. The van der Waals surface area contributed by atoms with Crippen molar-refractivity contribution in [1.82, 2.24) is 20.6 Å². The maximum absolute atomic E-state index is 13.6. The topological polar surface area (TPSA) is 79.6 Å². The van der Waals surface area contributed by atoms with Crippen LogP contribution in [0.4, 0.5) is 10.3 Å². The maximum Gasteiger partial charge on any atom is 0.263 e. The first-order chi connectivity index (χ1) is 9.33. The highest BCUT2D eigenvalue weighted by Crippen LogP contribution is 2.24. The molecule has 2 heterocycles. The van der Waals surface area contributed by atoms with Crippen molar-refractivity contribution in [2.24, 2.45) is 0 Å². The summed E-state index contributed by atoms with van der Waals surface area (Å²) >= 11 is 0. The minimum Gasteiger partial charge on any atom is -0.459 e. The number of benzene rings is 1. The summed E-state index contributed by atoms with van der Waals surface area (Å²) in [4.78, 5) is 0. The van der Waals surface area contributed by atoms with Crippen molar-refractivity contribution in [3.8, 4) is 11.3 Å². The number of tetrazole rings is 1. The molecule has 3 aromatic rings. The molecule has 0 fully saturated rings. The Morgan fingerprint density at radius 3 is 2.89 bits per heavy atom. The van der Waals surface area contributed by atoms with Gasteiger partial charge in [-0.3, -0.25) is 0 Å². The van der Waals surface area contributed by atoms with Crippen LogP contribution >= 0.6 is 0 Å². The van der Waals surface area contributed by atoms with Crippen LogP contribution in [0.1, 0.15) is 5.76 Å². The maximum atomic E-state index is 13.6. The van der Waals surface area contributed by atoms with E-state index < -0.39 is 0 Å². The molecule has 19 heavy (non-hydrogen) atoms. The largest absolute Gasteiger partial charge is 0.459 e. The fraction of sp³-hybridized carbons (Fsp3) is 0.0833. The molecule has 0 saturated heterocycles. The van der Waals surface area contributed by atoms with E-state index in [0.717, 1.165) is 0 Å². The molecule has 0 amide bonds. The first kappa shape index (κ1) is 11.4. The van der Waals surface area contributed by atoms with E-state index in [0.29, 0.717) is 29.6 Å². The van der Waals surface area contributed by atoms with Gasteiger partial charge in [0.05, 0.1) is 12.1 Å². The van der Waals surface area contributed by atoms with Gasteiger partial charge in [-0.05, 0) is 29.5 Å². The van der Waals surface area contributed by atoms with Crippen molar-refractivity contribution in [3.05, 3.63) is 48.0 Å². The molecule has 96 valence electrons. The SMILES string of the molecule is Fc1ccccc1-c1ccc(CNc2nn[nH]n2)o1. The average molecular weight is 259 g/mol. The summed E-state index contributed by atoms with van der Waals surface area (Å²) in [6.07, 6.45) is 0. The molecule has 6 nitrogen and oxygen atoms in total. The van der Waals surface area contributed by atoms with E-state index in [1.807, 2.05) is 0 Å². The Balaban J connectivity index is 1.75. The molecule has 0 radical (unpaired) electrons. The molecule has 0 spiro atoms. The Labute approximate surface area is 107 Å². The number of rotatable bonds is 4. The fourth-order valence-corrected chi connectivity index (χ4v) is 1.68. The van der Waals surface area contributed by atoms with Gasteiger partial charge in [-0.1, -0.05) is 17.2 Å². The molecular weight excluding hydrogens is 249 g/mol. The Morgan fingerprint density at radius 2 is 2.11 bits per heavy atom. The summed E-state index contributed by atoms with van der Waals surface area (Å²) < 4.78 is 19.1. The minimum atomic E-state index is -0.311. The normalized spacial score (nSPS) is 10.6. The van der Waals surface area contributed by atoms with Crippen LogP contribution in [0, 0.1) is 5.82 Å². The van der Waals surface area contributed by atoms with Gasteiger partial charge >= 0.3 is 0 Å². The molecule has 0 aliphatic carbocycles. The van der Waals surface area contributed by atoms with Gasteiger partial charge in [0.2, 0.25) is 0 Å². The van der Waals surface area contributed by atoms with Gasteiger partial charge < -0.3 is 9.73 Å². The van der Waals surface area contributed by atoms with Gasteiger partial charge in [-0.2, -0.15) is 5.21 Å².